The lowest BCUT2D eigenvalue weighted by molar-refractivity contribution is -0.123. The van der Waals surface area contributed by atoms with Gasteiger partial charge in [-0.05, 0) is 83.2 Å². The minimum absolute atomic E-state index is 0.529. The first-order valence-corrected chi connectivity index (χ1v) is 11.3. The Morgan fingerprint density at radius 1 is 0.909 bits per heavy atom. The Kier molecular flexibility index (Phi) is 9.73. The van der Waals surface area contributed by atoms with Crippen LogP contribution in [-0.4, -0.2) is 41.5 Å². The average molecular weight is 457 g/mol. The zero-order chi connectivity index (χ0) is 24.3. The average Bonchev–Trinajstić information content (AvgIpc) is 2.76. The second-order valence-electron chi connectivity index (χ2n) is 9.24. The Morgan fingerprint density at radius 2 is 1.58 bits per heavy atom. The van der Waals surface area contributed by atoms with E-state index in [4.69, 9.17) is 9.47 Å². The zero-order valence-corrected chi connectivity index (χ0v) is 20.0. The summed E-state index contributed by atoms with van der Waals surface area (Å²) in [5, 5.41) is 14.8. The second-order valence-corrected chi connectivity index (χ2v) is 9.24. The van der Waals surface area contributed by atoms with Crippen molar-refractivity contribution in [1.29, 1.82) is 0 Å². The van der Waals surface area contributed by atoms with Crippen LogP contribution in [0.25, 0.3) is 0 Å². The molecule has 0 saturated heterocycles. The van der Waals surface area contributed by atoms with Gasteiger partial charge in [-0.3, -0.25) is 4.79 Å². The van der Waals surface area contributed by atoms with E-state index in [1.807, 2.05) is 6.07 Å². The topological polar surface area (TPSA) is 96.9 Å². The van der Waals surface area contributed by atoms with E-state index in [-0.39, 0.29) is 0 Å². The summed E-state index contributed by atoms with van der Waals surface area (Å²) >= 11 is 0. The number of anilines is 1. The third kappa shape index (κ3) is 9.53. The number of amides is 2. The normalized spacial score (nSPS) is 13.0. The van der Waals surface area contributed by atoms with Crippen molar-refractivity contribution in [3.63, 3.8) is 0 Å². The number of carbonyl (C=O) groups is 2. The van der Waals surface area contributed by atoms with Gasteiger partial charge in [-0.2, -0.15) is 0 Å². The highest BCUT2D eigenvalue weighted by Gasteiger charge is 2.36. The first kappa shape index (κ1) is 26.2. The molecule has 0 heterocycles. The molecule has 3 N–H and O–H groups in total. The van der Waals surface area contributed by atoms with Crippen molar-refractivity contribution in [2.45, 2.75) is 64.5 Å². The van der Waals surface area contributed by atoms with Crippen LogP contribution in [0.1, 0.15) is 52.5 Å². The van der Waals surface area contributed by atoms with E-state index in [0.29, 0.717) is 18.0 Å². The Balaban J connectivity index is 1.75. The van der Waals surface area contributed by atoms with Crippen LogP contribution in [0.3, 0.4) is 0 Å². The van der Waals surface area contributed by atoms with Crippen LogP contribution in [0.4, 0.5) is 10.5 Å². The summed E-state index contributed by atoms with van der Waals surface area (Å²) in [5.74, 6) is 0.163. The minimum atomic E-state index is -1.53. The van der Waals surface area contributed by atoms with Gasteiger partial charge < -0.3 is 25.2 Å². The van der Waals surface area contributed by atoms with E-state index in [2.05, 4.69) is 34.9 Å². The van der Waals surface area contributed by atoms with E-state index >= 15 is 0 Å². The van der Waals surface area contributed by atoms with Gasteiger partial charge in [0.15, 0.2) is 0 Å². The quantitative estimate of drug-likeness (QED) is 0.426. The van der Waals surface area contributed by atoms with Gasteiger partial charge in [-0.15, -0.1) is 0 Å². The second kappa shape index (κ2) is 12.3. The number of hydrogen-bond donors (Lipinski definition) is 3. The largest absolute Gasteiger partial charge is 0.494 e. The summed E-state index contributed by atoms with van der Waals surface area (Å²) in [6.45, 7) is 6.64. The van der Waals surface area contributed by atoms with Crippen molar-refractivity contribution in [3.05, 3.63) is 60.2 Å². The van der Waals surface area contributed by atoms with E-state index in [1.165, 1.54) is 12.5 Å². The molecule has 0 aliphatic rings. The van der Waals surface area contributed by atoms with Gasteiger partial charge >= 0.3 is 6.09 Å². The van der Waals surface area contributed by atoms with E-state index in [9.17, 15) is 14.7 Å². The van der Waals surface area contributed by atoms with Crippen molar-refractivity contribution in [3.8, 4) is 5.75 Å². The molecular formula is C26H36N2O5. The number of benzene rings is 2. The Morgan fingerprint density at radius 3 is 2.18 bits per heavy atom. The van der Waals surface area contributed by atoms with Crippen molar-refractivity contribution in [2.75, 3.05) is 18.5 Å². The monoisotopic (exact) mass is 456 g/mol. The standard InChI is InChI=1S/C26H36N2O5/c1-25(2,3)33-24(31)28-26(4,19-29)23(30)27-21-14-16-22(17-15-21)32-18-10-6-9-13-20-11-7-5-8-12-20/h5,7-8,11-12,14-17,29H,6,9-10,13,18-19H2,1-4H3,(H,27,30)(H,28,31). The number of alkyl carbamates (subject to hydrolysis) is 1. The summed E-state index contributed by atoms with van der Waals surface area (Å²) in [6, 6.07) is 17.4. The fraction of sp³-hybridized carbons (Fsp3) is 0.462. The van der Waals surface area contributed by atoms with Crippen LogP contribution < -0.4 is 15.4 Å². The lowest BCUT2D eigenvalue weighted by Gasteiger charge is -2.29. The highest BCUT2D eigenvalue weighted by atomic mass is 16.6. The van der Waals surface area contributed by atoms with Gasteiger partial charge in [-0.25, -0.2) is 4.79 Å². The van der Waals surface area contributed by atoms with Crippen molar-refractivity contribution >= 4 is 17.7 Å². The number of unbranched alkanes of at least 4 members (excludes halogenated alkanes) is 2. The number of hydrogen-bond acceptors (Lipinski definition) is 5. The molecule has 7 nitrogen and oxygen atoms in total. The fourth-order valence-electron chi connectivity index (χ4n) is 3.04. The van der Waals surface area contributed by atoms with Crippen LogP contribution in [0, 0.1) is 0 Å². The molecule has 1 unspecified atom stereocenters. The van der Waals surface area contributed by atoms with Gasteiger partial charge in [0.2, 0.25) is 0 Å². The summed E-state index contributed by atoms with van der Waals surface area (Å²) in [4.78, 5) is 24.7. The molecule has 33 heavy (non-hydrogen) atoms. The van der Waals surface area contributed by atoms with Crippen LogP contribution in [0.2, 0.25) is 0 Å². The molecule has 0 spiro atoms. The van der Waals surface area contributed by atoms with Crippen LogP contribution >= 0.6 is 0 Å². The number of nitrogens with one attached hydrogen (secondary N) is 2. The van der Waals surface area contributed by atoms with E-state index in [0.717, 1.165) is 25.7 Å². The number of rotatable bonds is 11. The molecule has 7 heteroatoms. The zero-order valence-electron chi connectivity index (χ0n) is 20.0. The van der Waals surface area contributed by atoms with Crippen LogP contribution in [-0.2, 0) is 16.0 Å². The smallest absolute Gasteiger partial charge is 0.408 e. The lowest BCUT2D eigenvalue weighted by atomic mass is 10.0. The molecule has 1 atom stereocenters. The van der Waals surface area contributed by atoms with Gasteiger partial charge in [0.25, 0.3) is 5.91 Å². The predicted molar refractivity (Wildman–Crippen MR) is 129 cm³/mol. The van der Waals surface area contributed by atoms with Crippen molar-refractivity contribution in [1.82, 2.24) is 5.32 Å². The van der Waals surface area contributed by atoms with E-state index < -0.39 is 29.7 Å². The molecule has 2 amide bonds. The van der Waals surface area contributed by atoms with Crippen LogP contribution in [0.5, 0.6) is 5.75 Å². The highest BCUT2D eigenvalue weighted by molar-refractivity contribution is 5.99. The number of carbonyl (C=O) groups excluding carboxylic acids is 2. The molecule has 2 aromatic carbocycles. The molecule has 0 aliphatic carbocycles. The number of aliphatic hydroxyl groups is 1. The Bertz CT molecular complexity index is 878. The summed E-state index contributed by atoms with van der Waals surface area (Å²) in [5.41, 5.74) is -0.359. The van der Waals surface area contributed by atoms with Crippen LogP contribution in [0.15, 0.2) is 54.6 Å². The molecule has 0 aromatic heterocycles. The number of aryl methyl sites for hydroxylation is 1. The first-order chi connectivity index (χ1) is 15.6. The summed E-state index contributed by atoms with van der Waals surface area (Å²) in [6.07, 6.45) is 3.48. The summed E-state index contributed by atoms with van der Waals surface area (Å²) < 4.78 is 11.0. The Labute approximate surface area is 196 Å². The van der Waals surface area contributed by atoms with Gasteiger partial charge in [-0.1, -0.05) is 30.3 Å². The van der Waals surface area contributed by atoms with Gasteiger partial charge in [0.05, 0.1) is 13.2 Å². The molecule has 0 fully saturated rings. The third-order valence-electron chi connectivity index (χ3n) is 4.93. The minimum Gasteiger partial charge on any atom is -0.494 e. The highest BCUT2D eigenvalue weighted by Crippen LogP contribution is 2.18. The molecular weight excluding hydrogens is 420 g/mol. The Hall–Kier alpha value is -3.06. The van der Waals surface area contributed by atoms with Crippen molar-refractivity contribution < 1.29 is 24.2 Å². The fourth-order valence-corrected chi connectivity index (χ4v) is 3.04. The predicted octanol–water partition coefficient (Wildman–Crippen LogP) is 4.69. The molecule has 2 rings (SSSR count). The van der Waals surface area contributed by atoms with Gasteiger partial charge in [0.1, 0.15) is 16.9 Å². The van der Waals surface area contributed by atoms with Gasteiger partial charge in [0, 0.05) is 5.69 Å². The van der Waals surface area contributed by atoms with E-state index in [1.54, 1.807) is 45.0 Å². The molecule has 0 bridgehead atoms. The third-order valence-corrected chi connectivity index (χ3v) is 4.93. The maximum Gasteiger partial charge on any atom is 0.408 e. The SMILES string of the molecule is CC(C)(C)OC(=O)NC(C)(CO)C(=O)Nc1ccc(OCCCCCc2ccccc2)cc1. The maximum absolute atomic E-state index is 12.7. The lowest BCUT2D eigenvalue weighted by Crippen LogP contribution is -2.58. The maximum atomic E-state index is 12.7. The number of ether oxygens (including phenoxy) is 2. The molecule has 2 aromatic rings. The number of aliphatic hydroxyl groups excluding tert-OH is 1. The molecule has 0 saturated carbocycles. The van der Waals surface area contributed by atoms with Crippen molar-refractivity contribution in [2.24, 2.45) is 0 Å². The summed E-state index contributed by atoms with van der Waals surface area (Å²) in [7, 11) is 0. The molecule has 180 valence electrons. The molecule has 0 aliphatic heterocycles. The molecule has 0 radical (unpaired) electrons. The first-order valence-electron chi connectivity index (χ1n) is 11.3.